The van der Waals surface area contributed by atoms with E-state index in [4.69, 9.17) is 4.74 Å². The minimum absolute atomic E-state index is 0.0317. The molecular weight excluding hydrogens is 374 g/mol. The van der Waals surface area contributed by atoms with Crippen molar-refractivity contribution in [3.8, 4) is 5.75 Å². The van der Waals surface area contributed by atoms with Crippen molar-refractivity contribution in [1.82, 2.24) is 5.32 Å². The van der Waals surface area contributed by atoms with Crippen LogP contribution in [0.5, 0.6) is 5.75 Å². The molecule has 3 heteroatoms. The predicted octanol–water partition coefficient (Wildman–Crippen LogP) is 5.54. The Morgan fingerprint density at radius 2 is 1.92 bits per heavy atom. The van der Waals surface area contributed by atoms with Crippen LogP contribution in [0, 0.1) is 5.92 Å². The van der Waals surface area contributed by atoms with Crippen LogP contribution in [0.15, 0.2) is 53.0 Å². The molecule has 1 aliphatic heterocycles. The molecule has 0 radical (unpaired) electrons. The molecule has 0 amide bonds. The number of benzene rings is 2. The van der Waals surface area contributed by atoms with Gasteiger partial charge in [0.1, 0.15) is 5.75 Å². The van der Waals surface area contributed by atoms with Gasteiger partial charge in [-0.2, -0.15) is 0 Å². The van der Waals surface area contributed by atoms with Gasteiger partial charge >= 0.3 is 0 Å². The van der Waals surface area contributed by atoms with Crippen LogP contribution < -0.4 is 10.1 Å². The fourth-order valence-corrected chi connectivity index (χ4v) is 4.03. The normalized spacial score (nSPS) is 18.1. The first-order valence-corrected chi connectivity index (χ1v) is 10.1. The van der Waals surface area contributed by atoms with E-state index in [0.717, 1.165) is 35.7 Å². The summed E-state index contributed by atoms with van der Waals surface area (Å²) in [5.74, 6) is 1.69. The van der Waals surface area contributed by atoms with Gasteiger partial charge in [-0.3, -0.25) is 0 Å². The molecule has 0 unspecified atom stereocenters. The molecule has 2 nitrogen and oxygen atoms in total. The minimum Gasteiger partial charge on any atom is -0.492 e. The molecule has 1 aliphatic rings. The first-order chi connectivity index (χ1) is 12.1. The highest BCUT2D eigenvalue weighted by molar-refractivity contribution is 9.10. The zero-order chi connectivity index (χ0) is 17.7. The van der Waals surface area contributed by atoms with Gasteiger partial charge in [-0.1, -0.05) is 50.2 Å². The van der Waals surface area contributed by atoms with Gasteiger partial charge in [0.2, 0.25) is 0 Å². The maximum atomic E-state index is 6.04. The van der Waals surface area contributed by atoms with Crippen LogP contribution in [0.25, 0.3) is 0 Å². The molecule has 1 saturated heterocycles. The SMILES string of the molecule is CC(C)(c1ccccc1)c1ccc(OCC[C@@H]2CCCNC2)c(Br)c1. The van der Waals surface area contributed by atoms with E-state index < -0.39 is 0 Å². The molecule has 0 aromatic heterocycles. The number of halogens is 1. The molecule has 2 aromatic rings. The van der Waals surface area contributed by atoms with Gasteiger partial charge in [0.05, 0.1) is 11.1 Å². The molecule has 0 bridgehead atoms. The van der Waals surface area contributed by atoms with Crippen LogP contribution in [0.3, 0.4) is 0 Å². The lowest BCUT2D eigenvalue weighted by molar-refractivity contribution is 0.253. The van der Waals surface area contributed by atoms with E-state index in [1.165, 1.54) is 30.5 Å². The van der Waals surface area contributed by atoms with E-state index >= 15 is 0 Å². The van der Waals surface area contributed by atoms with E-state index in [1.54, 1.807) is 0 Å². The number of hydrogen-bond acceptors (Lipinski definition) is 2. The van der Waals surface area contributed by atoms with Crippen LogP contribution in [-0.2, 0) is 5.41 Å². The summed E-state index contributed by atoms with van der Waals surface area (Å²) in [7, 11) is 0. The van der Waals surface area contributed by atoms with Gasteiger partial charge < -0.3 is 10.1 Å². The Hall–Kier alpha value is -1.32. The first-order valence-electron chi connectivity index (χ1n) is 9.26. The number of rotatable bonds is 6. The molecule has 0 saturated carbocycles. The largest absolute Gasteiger partial charge is 0.492 e. The third kappa shape index (κ3) is 4.65. The average Bonchev–Trinajstić information content (AvgIpc) is 2.64. The maximum Gasteiger partial charge on any atom is 0.133 e. The zero-order valence-corrected chi connectivity index (χ0v) is 16.8. The minimum atomic E-state index is -0.0317. The fourth-order valence-electron chi connectivity index (χ4n) is 3.53. The van der Waals surface area contributed by atoms with Crippen molar-refractivity contribution < 1.29 is 4.74 Å². The summed E-state index contributed by atoms with van der Waals surface area (Å²) in [6.45, 7) is 7.62. The van der Waals surface area contributed by atoms with E-state index in [2.05, 4.69) is 83.6 Å². The number of hydrogen-bond donors (Lipinski definition) is 1. The van der Waals surface area contributed by atoms with Gasteiger partial charge in [-0.25, -0.2) is 0 Å². The van der Waals surface area contributed by atoms with Crippen LogP contribution >= 0.6 is 15.9 Å². The maximum absolute atomic E-state index is 6.04. The number of ether oxygens (including phenoxy) is 1. The Bertz CT molecular complexity index is 678. The Morgan fingerprint density at radius 3 is 2.60 bits per heavy atom. The lowest BCUT2D eigenvalue weighted by Crippen LogP contribution is -2.30. The van der Waals surface area contributed by atoms with Gasteiger partial charge in [0, 0.05) is 5.41 Å². The van der Waals surface area contributed by atoms with E-state index in [9.17, 15) is 0 Å². The van der Waals surface area contributed by atoms with E-state index in [-0.39, 0.29) is 5.41 Å². The summed E-state index contributed by atoms with van der Waals surface area (Å²) in [4.78, 5) is 0. The van der Waals surface area contributed by atoms with E-state index in [0.29, 0.717) is 0 Å². The molecule has 1 fully saturated rings. The van der Waals surface area contributed by atoms with Crippen molar-refractivity contribution in [2.24, 2.45) is 5.92 Å². The van der Waals surface area contributed by atoms with Crippen molar-refractivity contribution >= 4 is 15.9 Å². The Balaban J connectivity index is 1.64. The summed E-state index contributed by atoms with van der Waals surface area (Å²) in [6.07, 6.45) is 3.73. The Labute approximate surface area is 160 Å². The predicted molar refractivity (Wildman–Crippen MR) is 108 cm³/mol. The first kappa shape index (κ1) is 18.5. The molecule has 1 N–H and O–H groups in total. The second-order valence-corrected chi connectivity index (χ2v) is 8.34. The molecule has 134 valence electrons. The number of nitrogens with one attached hydrogen (secondary N) is 1. The molecule has 0 aliphatic carbocycles. The van der Waals surface area contributed by atoms with Crippen LogP contribution in [0.4, 0.5) is 0 Å². The molecule has 1 atom stereocenters. The number of piperidine rings is 1. The molecule has 3 rings (SSSR count). The lowest BCUT2D eigenvalue weighted by atomic mass is 9.78. The van der Waals surface area contributed by atoms with Gasteiger partial charge in [0.25, 0.3) is 0 Å². The summed E-state index contributed by atoms with van der Waals surface area (Å²) in [5, 5.41) is 3.47. The van der Waals surface area contributed by atoms with Crippen molar-refractivity contribution in [3.63, 3.8) is 0 Å². The summed E-state index contributed by atoms with van der Waals surface area (Å²) in [5.41, 5.74) is 2.57. The molecule has 2 aromatic carbocycles. The standard InChI is InChI=1S/C22H28BrNO/c1-22(2,18-8-4-3-5-9-18)19-10-11-21(20(23)15-19)25-14-12-17-7-6-13-24-16-17/h3-5,8-11,15,17,24H,6-7,12-14,16H2,1-2H3/t17-/m0/s1. The highest BCUT2D eigenvalue weighted by Gasteiger charge is 2.23. The van der Waals surface area contributed by atoms with Crippen molar-refractivity contribution in [3.05, 3.63) is 64.1 Å². The van der Waals surface area contributed by atoms with Gasteiger partial charge in [0.15, 0.2) is 0 Å². The van der Waals surface area contributed by atoms with Crippen LogP contribution in [-0.4, -0.2) is 19.7 Å². The molecule has 25 heavy (non-hydrogen) atoms. The highest BCUT2D eigenvalue weighted by atomic mass is 79.9. The van der Waals surface area contributed by atoms with E-state index in [1.807, 2.05) is 0 Å². The summed E-state index contributed by atoms with van der Waals surface area (Å²) < 4.78 is 7.08. The smallest absolute Gasteiger partial charge is 0.133 e. The third-order valence-corrected chi connectivity index (χ3v) is 5.95. The van der Waals surface area contributed by atoms with Crippen molar-refractivity contribution in [1.29, 1.82) is 0 Å². The second-order valence-electron chi connectivity index (χ2n) is 7.49. The van der Waals surface area contributed by atoms with Crippen molar-refractivity contribution in [2.75, 3.05) is 19.7 Å². The van der Waals surface area contributed by atoms with Crippen LogP contribution in [0.1, 0.15) is 44.2 Å². The average molecular weight is 402 g/mol. The topological polar surface area (TPSA) is 21.3 Å². The molecular formula is C22H28BrNO. The molecule has 1 heterocycles. The monoisotopic (exact) mass is 401 g/mol. The van der Waals surface area contributed by atoms with Crippen molar-refractivity contribution in [2.45, 2.75) is 38.5 Å². The Kier molecular flexibility index (Phi) is 6.19. The molecule has 0 spiro atoms. The second kappa shape index (κ2) is 8.37. The lowest BCUT2D eigenvalue weighted by Gasteiger charge is -2.27. The fraction of sp³-hybridized carbons (Fsp3) is 0.455. The van der Waals surface area contributed by atoms with Gasteiger partial charge in [-0.15, -0.1) is 0 Å². The third-order valence-electron chi connectivity index (χ3n) is 5.33. The highest BCUT2D eigenvalue weighted by Crippen LogP contribution is 2.36. The zero-order valence-electron chi connectivity index (χ0n) is 15.2. The van der Waals surface area contributed by atoms with Crippen LogP contribution in [0.2, 0.25) is 0 Å². The Morgan fingerprint density at radius 1 is 1.12 bits per heavy atom. The summed E-state index contributed by atoms with van der Waals surface area (Å²) >= 11 is 3.70. The summed E-state index contributed by atoms with van der Waals surface area (Å²) in [6, 6.07) is 17.1. The quantitative estimate of drug-likeness (QED) is 0.685. The van der Waals surface area contributed by atoms with Gasteiger partial charge in [-0.05, 0) is 77.5 Å².